The van der Waals surface area contributed by atoms with Gasteiger partial charge in [-0.05, 0) is 56.5 Å². The van der Waals surface area contributed by atoms with E-state index in [1.54, 1.807) is 44.1 Å². The minimum absolute atomic E-state index is 0.167. The maximum Gasteiger partial charge on any atom is 0.419 e. The molecule has 9 nitrogen and oxygen atoms in total. The number of amides is 1. The van der Waals surface area contributed by atoms with E-state index in [0.29, 0.717) is 34.5 Å². The Labute approximate surface area is 212 Å². The van der Waals surface area contributed by atoms with Crippen molar-refractivity contribution in [3.63, 3.8) is 0 Å². The number of hydrogen-bond acceptors (Lipinski definition) is 6. The Bertz CT molecular complexity index is 1350. The fourth-order valence-electron chi connectivity index (χ4n) is 3.30. The third-order valence-electron chi connectivity index (χ3n) is 5.27. The molecule has 2 aromatic carbocycles. The number of carbonyl (C=O) groups is 1. The lowest BCUT2D eigenvalue weighted by Crippen LogP contribution is -2.19. The molecule has 0 fully saturated rings. The largest absolute Gasteiger partial charge is 0.496 e. The van der Waals surface area contributed by atoms with Crippen LogP contribution < -0.4 is 15.4 Å². The summed E-state index contributed by atoms with van der Waals surface area (Å²) >= 11 is 0. The summed E-state index contributed by atoms with van der Waals surface area (Å²) in [6, 6.07) is 8.17. The van der Waals surface area contributed by atoms with Gasteiger partial charge in [-0.2, -0.15) is 13.2 Å². The lowest BCUT2D eigenvalue weighted by atomic mass is 10.1. The number of anilines is 3. The molecule has 0 bridgehead atoms. The lowest BCUT2D eigenvalue weighted by Gasteiger charge is -2.16. The van der Waals surface area contributed by atoms with Crippen LogP contribution in [0.15, 0.2) is 52.7 Å². The van der Waals surface area contributed by atoms with E-state index in [0.717, 1.165) is 24.8 Å². The SMILES string of the molecule is C=NC(=Nc1c(C)ncnc1Nc1cc(NC(=O)c2ccc(OC)c(C(F)(F)F)c2)ccc1C)N(C)C. The summed E-state index contributed by atoms with van der Waals surface area (Å²) in [6.07, 6.45) is -3.29. The van der Waals surface area contributed by atoms with Gasteiger partial charge in [-0.1, -0.05) is 6.07 Å². The normalized spacial score (nSPS) is 11.6. The number of methoxy groups -OCH3 is 1. The summed E-state index contributed by atoms with van der Waals surface area (Å²) in [6.45, 7) is 7.16. The molecule has 194 valence electrons. The fraction of sp³-hybridized carbons (Fsp3) is 0.240. The predicted octanol–water partition coefficient (Wildman–Crippen LogP) is 5.37. The zero-order chi connectivity index (χ0) is 27.3. The summed E-state index contributed by atoms with van der Waals surface area (Å²) in [5.41, 5.74) is 1.62. The number of hydrogen-bond donors (Lipinski definition) is 2. The maximum absolute atomic E-state index is 13.4. The highest BCUT2D eigenvalue weighted by Gasteiger charge is 2.35. The molecule has 3 rings (SSSR count). The average molecular weight is 514 g/mol. The maximum atomic E-state index is 13.4. The number of alkyl halides is 3. The van der Waals surface area contributed by atoms with Gasteiger partial charge in [0.25, 0.3) is 5.91 Å². The first kappa shape index (κ1) is 27.1. The number of aliphatic imine (C=N–C) groups is 2. The second kappa shape index (κ2) is 11.1. The summed E-state index contributed by atoms with van der Waals surface area (Å²) in [5, 5.41) is 5.82. The topological polar surface area (TPSA) is 104 Å². The van der Waals surface area contributed by atoms with Gasteiger partial charge in [0.05, 0.1) is 18.4 Å². The Morgan fingerprint density at radius 3 is 2.46 bits per heavy atom. The van der Waals surface area contributed by atoms with Crippen LogP contribution in [0.1, 0.15) is 27.2 Å². The van der Waals surface area contributed by atoms with Gasteiger partial charge in [-0.3, -0.25) is 4.79 Å². The molecule has 0 aliphatic heterocycles. The summed E-state index contributed by atoms with van der Waals surface area (Å²) < 4.78 is 44.9. The van der Waals surface area contributed by atoms with Crippen molar-refractivity contribution in [3.05, 3.63) is 65.1 Å². The minimum Gasteiger partial charge on any atom is -0.496 e. The molecule has 37 heavy (non-hydrogen) atoms. The Hall–Kier alpha value is -4.48. The molecule has 0 saturated carbocycles. The molecule has 0 aliphatic carbocycles. The van der Waals surface area contributed by atoms with Gasteiger partial charge in [0.1, 0.15) is 17.8 Å². The first-order chi connectivity index (χ1) is 17.4. The molecule has 1 aromatic heterocycles. The molecule has 0 spiro atoms. The van der Waals surface area contributed by atoms with E-state index >= 15 is 0 Å². The van der Waals surface area contributed by atoms with Crippen LogP contribution >= 0.6 is 0 Å². The van der Waals surface area contributed by atoms with E-state index in [-0.39, 0.29) is 11.3 Å². The van der Waals surface area contributed by atoms with Crippen LogP contribution in [0.3, 0.4) is 0 Å². The minimum atomic E-state index is -4.67. The molecule has 0 unspecified atom stereocenters. The fourth-order valence-corrected chi connectivity index (χ4v) is 3.30. The number of halogens is 3. The van der Waals surface area contributed by atoms with Crippen LogP contribution in [0.5, 0.6) is 5.75 Å². The number of guanidine groups is 1. The molecular formula is C25H26F3N7O2. The van der Waals surface area contributed by atoms with Crippen molar-refractivity contribution in [2.75, 3.05) is 31.8 Å². The van der Waals surface area contributed by atoms with Gasteiger partial charge in [-0.15, -0.1) is 0 Å². The van der Waals surface area contributed by atoms with E-state index in [1.807, 2.05) is 6.92 Å². The highest BCUT2D eigenvalue weighted by atomic mass is 19.4. The molecule has 0 atom stereocenters. The number of ether oxygens (including phenoxy) is 1. The monoisotopic (exact) mass is 513 g/mol. The van der Waals surface area contributed by atoms with Gasteiger partial charge in [0.2, 0.25) is 5.96 Å². The van der Waals surface area contributed by atoms with Crippen LogP contribution in [-0.4, -0.2) is 54.7 Å². The molecule has 1 amide bonds. The first-order valence-electron chi connectivity index (χ1n) is 10.9. The third kappa shape index (κ3) is 6.40. The van der Waals surface area contributed by atoms with Crippen molar-refractivity contribution in [1.29, 1.82) is 0 Å². The molecular weight excluding hydrogens is 487 g/mol. The predicted molar refractivity (Wildman–Crippen MR) is 138 cm³/mol. The van der Waals surface area contributed by atoms with Gasteiger partial charge in [0, 0.05) is 31.0 Å². The van der Waals surface area contributed by atoms with Gasteiger partial charge in [-0.25, -0.2) is 20.0 Å². The summed E-state index contributed by atoms with van der Waals surface area (Å²) in [5.74, 6) is -0.323. The van der Waals surface area contributed by atoms with Crippen molar-refractivity contribution in [1.82, 2.24) is 14.9 Å². The van der Waals surface area contributed by atoms with Crippen LogP contribution in [0.2, 0.25) is 0 Å². The highest BCUT2D eigenvalue weighted by molar-refractivity contribution is 6.04. The zero-order valence-electron chi connectivity index (χ0n) is 20.9. The van der Waals surface area contributed by atoms with Crippen molar-refractivity contribution in [3.8, 4) is 5.75 Å². The first-order valence-corrected chi connectivity index (χ1v) is 10.9. The highest BCUT2D eigenvalue weighted by Crippen LogP contribution is 2.37. The number of carbonyl (C=O) groups excluding carboxylic acids is 1. The third-order valence-corrected chi connectivity index (χ3v) is 5.27. The van der Waals surface area contributed by atoms with Crippen LogP contribution in [0, 0.1) is 13.8 Å². The molecule has 3 aromatic rings. The number of aromatic nitrogens is 2. The molecule has 2 N–H and O–H groups in total. The number of nitrogens with zero attached hydrogens (tertiary/aromatic N) is 5. The number of benzene rings is 2. The zero-order valence-corrected chi connectivity index (χ0v) is 20.9. The van der Waals surface area contributed by atoms with Crippen LogP contribution in [0.25, 0.3) is 0 Å². The van der Waals surface area contributed by atoms with Gasteiger partial charge in [0.15, 0.2) is 5.82 Å². The molecule has 12 heteroatoms. The van der Waals surface area contributed by atoms with E-state index in [9.17, 15) is 18.0 Å². The number of rotatable bonds is 6. The standard InChI is InChI=1S/C25H26F3N7O2/c1-14-7-9-17(32-23(36)16-8-10-20(37-6)18(11-16)25(26,27)28)12-19(14)33-22-21(15(2)30-13-31-22)34-24(29-3)35(4)5/h7-13H,3H2,1-2,4-6H3,(H,32,36)(H,30,31,33). The smallest absolute Gasteiger partial charge is 0.419 e. The number of nitrogens with one attached hydrogen (secondary N) is 2. The van der Waals surface area contributed by atoms with E-state index in [1.165, 1.54) is 12.4 Å². The van der Waals surface area contributed by atoms with Crippen molar-refractivity contribution in [2.45, 2.75) is 20.0 Å². The quantitative estimate of drug-likeness (QED) is 0.339. The summed E-state index contributed by atoms with van der Waals surface area (Å²) in [4.78, 5) is 31.4. The van der Waals surface area contributed by atoms with Crippen LogP contribution in [0.4, 0.5) is 36.1 Å². The lowest BCUT2D eigenvalue weighted by molar-refractivity contribution is -0.138. The summed E-state index contributed by atoms with van der Waals surface area (Å²) in [7, 11) is 4.68. The second-order valence-corrected chi connectivity index (χ2v) is 8.14. The number of aryl methyl sites for hydroxylation is 2. The Kier molecular flexibility index (Phi) is 8.11. The Morgan fingerprint density at radius 1 is 1.11 bits per heavy atom. The molecule has 0 radical (unpaired) electrons. The van der Waals surface area contributed by atoms with Gasteiger partial charge < -0.3 is 20.3 Å². The van der Waals surface area contributed by atoms with E-state index in [2.05, 4.69) is 37.3 Å². The van der Waals surface area contributed by atoms with Crippen molar-refractivity contribution in [2.24, 2.45) is 9.98 Å². The van der Waals surface area contributed by atoms with E-state index in [4.69, 9.17) is 4.74 Å². The van der Waals surface area contributed by atoms with Crippen LogP contribution in [-0.2, 0) is 6.18 Å². The van der Waals surface area contributed by atoms with E-state index < -0.39 is 17.6 Å². The second-order valence-electron chi connectivity index (χ2n) is 8.14. The Morgan fingerprint density at radius 2 is 1.84 bits per heavy atom. The molecule has 0 saturated heterocycles. The average Bonchev–Trinajstić information content (AvgIpc) is 2.84. The molecule has 0 aliphatic rings. The van der Waals surface area contributed by atoms with Gasteiger partial charge >= 0.3 is 6.18 Å². The van der Waals surface area contributed by atoms with Crippen molar-refractivity contribution < 1.29 is 22.7 Å². The Balaban J connectivity index is 1.92. The molecule has 1 heterocycles. The van der Waals surface area contributed by atoms with Crippen molar-refractivity contribution >= 4 is 41.5 Å².